The van der Waals surface area contributed by atoms with Crippen LogP contribution < -0.4 is 9.64 Å². The Morgan fingerprint density at radius 3 is 2.97 bits per heavy atom. The Balaban J connectivity index is 1.44. The van der Waals surface area contributed by atoms with E-state index in [9.17, 15) is 4.79 Å². The van der Waals surface area contributed by atoms with Gasteiger partial charge in [0, 0.05) is 18.4 Å². The number of thioether (sulfide) groups is 1. The zero-order valence-electron chi connectivity index (χ0n) is 16.9. The topological polar surface area (TPSA) is 92.5 Å². The number of carbonyl (C=O) groups excluding carboxylic acids is 1. The van der Waals surface area contributed by atoms with E-state index in [0.29, 0.717) is 32.1 Å². The van der Waals surface area contributed by atoms with Gasteiger partial charge in [-0.1, -0.05) is 29.8 Å². The van der Waals surface area contributed by atoms with E-state index in [1.165, 1.54) is 5.56 Å². The van der Waals surface area contributed by atoms with Crippen molar-refractivity contribution >= 4 is 29.5 Å². The summed E-state index contributed by atoms with van der Waals surface area (Å²) in [6.07, 6.45) is -0.312. The van der Waals surface area contributed by atoms with E-state index in [0.717, 1.165) is 29.6 Å². The van der Waals surface area contributed by atoms with Crippen LogP contribution in [0.1, 0.15) is 11.1 Å². The van der Waals surface area contributed by atoms with Crippen molar-refractivity contribution < 1.29 is 14.3 Å². The van der Waals surface area contributed by atoms with Gasteiger partial charge in [0.2, 0.25) is 0 Å². The molecule has 0 aliphatic carbocycles. The standard InChI is InChI=1S/C20H24N6O3S/c1-15-3-2-4-16(11-15)13-21-24-17-12-18(26-7-10-30-14-26)23-19(22-17)28-8-5-25-6-9-29-20(25)27/h2-4,11-12H,5-10,13-14H2,1H3. The summed E-state index contributed by atoms with van der Waals surface area (Å²) in [5.41, 5.74) is 2.29. The molecule has 1 amide bonds. The van der Waals surface area contributed by atoms with Crippen molar-refractivity contribution in [2.45, 2.75) is 13.5 Å². The van der Waals surface area contributed by atoms with E-state index in [1.807, 2.05) is 30.0 Å². The second-order valence-corrected chi connectivity index (χ2v) is 8.08. The first-order valence-electron chi connectivity index (χ1n) is 9.87. The van der Waals surface area contributed by atoms with E-state index < -0.39 is 0 Å². The van der Waals surface area contributed by atoms with Crippen LogP contribution in [0.15, 0.2) is 40.6 Å². The fourth-order valence-corrected chi connectivity index (χ4v) is 4.11. The Morgan fingerprint density at radius 2 is 2.20 bits per heavy atom. The highest BCUT2D eigenvalue weighted by Crippen LogP contribution is 2.26. The largest absolute Gasteiger partial charge is 0.461 e. The number of aryl methyl sites for hydroxylation is 1. The summed E-state index contributed by atoms with van der Waals surface area (Å²) in [4.78, 5) is 24.2. The van der Waals surface area contributed by atoms with Crippen LogP contribution in [0.3, 0.4) is 0 Å². The van der Waals surface area contributed by atoms with E-state index in [2.05, 4.69) is 44.2 Å². The van der Waals surface area contributed by atoms with E-state index in [1.54, 1.807) is 4.90 Å². The van der Waals surface area contributed by atoms with Gasteiger partial charge in [0.15, 0.2) is 5.82 Å². The second-order valence-electron chi connectivity index (χ2n) is 7.01. The molecule has 30 heavy (non-hydrogen) atoms. The van der Waals surface area contributed by atoms with Gasteiger partial charge in [-0.15, -0.1) is 16.9 Å². The summed E-state index contributed by atoms with van der Waals surface area (Å²) in [7, 11) is 0. The van der Waals surface area contributed by atoms with Gasteiger partial charge in [0.25, 0.3) is 0 Å². The monoisotopic (exact) mass is 428 g/mol. The van der Waals surface area contributed by atoms with Gasteiger partial charge in [0.1, 0.15) is 19.0 Å². The molecule has 0 spiro atoms. The minimum atomic E-state index is -0.312. The molecular weight excluding hydrogens is 404 g/mol. The van der Waals surface area contributed by atoms with Gasteiger partial charge in [-0.2, -0.15) is 15.1 Å². The van der Waals surface area contributed by atoms with Crippen molar-refractivity contribution in [3.05, 3.63) is 41.5 Å². The number of benzene rings is 1. The maximum absolute atomic E-state index is 11.5. The predicted molar refractivity (Wildman–Crippen MR) is 115 cm³/mol. The molecule has 10 heteroatoms. The zero-order valence-corrected chi connectivity index (χ0v) is 17.7. The Kier molecular flexibility index (Phi) is 6.63. The van der Waals surface area contributed by atoms with Gasteiger partial charge in [-0.05, 0) is 12.5 Å². The predicted octanol–water partition coefficient (Wildman–Crippen LogP) is 3.41. The van der Waals surface area contributed by atoms with Gasteiger partial charge in [0.05, 0.1) is 25.5 Å². The molecular formula is C20H24N6O3S. The third-order valence-electron chi connectivity index (χ3n) is 4.70. The number of azo groups is 1. The summed E-state index contributed by atoms with van der Waals surface area (Å²) in [5.74, 6) is 3.16. The van der Waals surface area contributed by atoms with Crippen LogP contribution in [0.25, 0.3) is 0 Å². The lowest BCUT2D eigenvalue weighted by Crippen LogP contribution is -2.29. The number of nitrogens with zero attached hydrogens (tertiary/aromatic N) is 6. The molecule has 2 aliphatic rings. The fraction of sp³-hybridized carbons (Fsp3) is 0.450. The third-order valence-corrected chi connectivity index (χ3v) is 5.67. The number of hydrogen-bond acceptors (Lipinski definition) is 9. The van der Waals surface area contributed by atoms with Crippen LogP contribution in [-0.2, 0) is 11.3 Å². The normalized spacial score (nSPS) is 16.5. The van der Waals surface area contributed by atoms with Gasteiger partial charge >= 0.3 is 12.1 Å². The Labute approximate surface area is 179 Å². The maximum Gasteiger partial charge on any atom is 0.410 e. The molecule has 158 valence electrons. The number of aromatic nitrogens is 2. The molecule has 1 aromatic heterocycles. The van der Waals surface area contributed by atoms with Crippen molar-refractivity contribution in [1.82, 2.24) is 14.9 Å². The molecule has 0 unspecified atom stereocenters. The molecule has 0 bridgehead atoms. The number of anilines is 1. The number of rotatable bonds is 8. The quantitative estimate of drug-likeness (QED) is 0.595. The van der Waals surface area contributed by atoms with Gasteiger partial charge < -0.3 is 19.3 Å². The highest BCUT2D eigenvalue weighted by Gasteiger charge is 2.22. The first-order chi connectivity index (χ1) is 14.7. The molecule has 2 fully saturated rings. The Hall–Kier alpha value is -2.88. The zero-order chi connectivity index (χ0) is 20.8. The Bertz CT molecular complexity index is 919. The third kappa shape index (κ3) is 5.38. The lowest BCUT2D eigenvalue weighted by molar-refractivity contribution is 0.152. The summed E-state index contributed by atoms with van der Waals surface area (Å²) in [6, 6.07) is 10.2. The van der Waals surface area contributed by atoms with Crippen LogP contribution in [0, 0.1) is 6.92 Å². The van der Waals surface area contributed by atoms with E-state index in [-0.39, 0.29) is 18.7 Å². The van der Waals surface area contributed by atoms with E-state index >= 15 is 0 Å². The number of hydrogen-bond donors (Lipinski definition) is 0. The molecule has 1 aromatic carbocycles. The molecule has 2 aliphatic heterocycles. The minimum Gasteiger partial charge on any atom is -0.461 e. The molecule has 0 saturated carbocycles. The molecule has 0 radical (unpaired) electrons. The first-order valence-corrected chi connectivity index (χ1v) is 11.0. The molecule has 2 aromatic rings. The summed E-state index contributed by atoms with van der Waals surface area (Å²) >= 11 is 1.85. The Morgan fingerprint density at radius 1 is 1.27 bits per heavy atom. The van der Waals surface area contributed by atoms with Crippen molar-refractivity contribution in [2.75, 3.05) is 49.4 Å². The average molecular weight is 429 g/mol. The second kappa shape index (κ2) is 9.75. The van der Waals surface area contributed by atoms with Crippen molar-refractivity contribution in [3.63, 3.8) is 0 Å². The molecule has 0 N–H and O–H groups in total. The van der Waals surface area contributed by atoms with Crippen LogP contribution >= 0.6 is 11.8 Å². The lowest BCUT2D eigenvalue weighted by atomic mass is 10.1. The van der Waals surface area contributed by atoms with Gasteiger partial charge in [-0.3, -0.25) is 0 Å². The number of ether oxygens (including phenoxy) is 2. The molecule has 3 heterocycles. The molecule has 2 saturated heterocycles. The van der Waals surface area contributed by atoms with E-state index in [4.69, 9.17) is 9.47 Å². The summed E-state index contributed by atoms with van der Waals surface area (Å²) < 4.78 is 10.7. The smallest absolute Gasteiger partial charge is 0.410 e. The molecule has 0 atom stereocenters. The first kappa shape index (κ1) is 20.4. The van der Waals surface area contributed by atoms with Crippen molar-refractivity contribution in [1.29, 1.82) is 0 Å². The molecule has 4 rings (SSSR count). The minimum absolute atomic E-state index is 0.237. The van der Waals surface area contributed by atoms with Crippen molar-refractivity contribution in [3.8, 4) is 6.01 Å². The highest BCUT2D eigenvalue weighted by molar-refractivity contribution is 7.99. The maximum atomic E-state index is 11.5. The van der Waals surface area contributed by atoms with Crippen LogP contribution in [0.4, 0.5) is 16.4 Å². The number of amides is 1. The molecule has 9 nitrogen and oxygen atoms in total. The number of cyclic esters (lactones) is 1. The van der Waals surface area contributed by atoms with Crippen LogP contribution in [0.5, 0.6) is 6.01 Å². The SMILES string of the molecule is Cc1cccc(CN=Nc2cc(N3CCSC3)nc(OCCN3CCOC3=O)n2)c1. The van der Waals surface area contributed by atoms with Crippen LogP contribution in [0.2, 0.25) is 0 Å². The highest BCUT2D eigenvalue weighted by atomic mass is 32.2. The van der Waals surface area contributed by atoms with Crippen molar-refractivity contribution in [2.24, 2.45) is 10.2 Å². The lowest BCUT2D eigenvalue weighted by Gasteiger charge is -2.17. The fourth-order valence-electron chi connectivity index (χ4n) is 3.15. The van der Waals surface area contributed by atoms with Crippen LogP contribution in [-0.4, -0.2) is 65.4 Å². The summed E-state index contributed by atoms with van der Waals surface area (Å²) in [6.45, 7) is 5.16. The average Bonchev–Trinajstić information content (AvgIpc) is 3.40. The van der Waals surface area contributed by atoms with Gasteiger partial charge in [-0.25, -0.2) is 4.79 Å². The summed E-state index contributed by atoms with van der Waals surface area (Å²) in [5, 5.41) is 8.60. The number of carbonyl (C=O) groups is 1.